The van der Waals surface area contributed by atoms with E-state index in [9.17, 15) is 0 Å². The summed E-state index contributed by atoms with van der Waals surface area (Å²) in [4.78, 5) is 7.74. The highest BCUT2D eigenvalue weighted by molar-refractivity contribution is 6.21. The van der Waals surface area contributed by atoms with Gasteiger partial charge in [0.05, 0.1) is 22.4 Å². The molecule has 0 bridgehead atoms. The Bertz CT molecular complexity index is 2230. The van der Waals surface area contributed by atoms with Gasteiger partial charge in [0.2, 0.25) is 0 Å². The number of benzene rings is 7. The second kappa shape index (κ2) is 9.43. The normalized spacial score (nSPS) is 14.4. The molecule has 1 N–H and O–H groups in total. The second-order valence-corrected chi connectivity index (χ2v) is 11.2. The third-order valence-corrected chi connectivity index (χ3v) is 8.83. The summed E-state index contributed by atoms with van der Waals surface area (Å²) >= 11 is 0. The molecule has 43 heavy (non-hydrogen) atoms. The predicted octanol–water partition coefficient (Wildman–Crippen LogP) is 10.6. The maximum atomic E-state index is 5.35. The van der Waals surface area contributed by atoms with Crippen molar-refractivity contribution in [2.24, 2.45) is 0 Å². The Labute approximate surface area is 249 Å². The second-order valence-electron chi connectivity index (χ2n) is 11.2. The molecule has 0 fully saturated rings. The van der Waals surface area contributed by atoms with Crippen LogP contribution in [0.15, 0.2) is 152 Å². The molecule has 3 heteroatoms. The smallest absolute Gasteiger partial charge is 0.130 e. The molecule has 1 aliphatic rings. The molecule has 9 rings (SSSR count). The Balaban J connectivity index is 1.25. The number of nitrogens with one attached hydrogen (secondary N) is 1. The fourth-order valence-corrected chi connectivity index (χ4v) is 6.82. The van der Waals surface area contributed by atoms with Gasteiger partial charge in [0, 0.05) is 32.8 Å². The van der Waals surface area contributed by atoms with E-state index in [0.29, 0.717) is 0 Å². The monoisotopic (exact) mass is 549 g/mol. The van der Waals surface area contributed by atoms with Crippen molar-refractivity contribution < 1.29 is 0 Å². The zero-order valence-electron chi connectivity index (χ0n) is 23.4. The Morgan fingerprint density at radius 2 is 1.07 bits per heavy atom. The van der Waals surface area contributed by atoms with Crippen LogP contribution in [0.25, 0.3) is 54.5 Å². The first-order chi connectivity index (χ1) is 21.3. The molecule has 0 aliphatic carbocycles. The summed E-state index contributed by atoms with van der Waals surface area (Å²) in [5, 5.41) is 10.9. The van der Waals surface area contributed by atoms with Gasteiger partial charge in [-0.2, -0.15) is 0 Å². The van der Waals surface area contributed by atoms with E-state index in [1.807, 2.05) is 0 Å². The fraction of sp³-hybridized carbons (Fsp3) is 0.0250. The summed E-state index contributed by atoms with van der Waals surface area (Å²) < 4.78 is 0. The molecule has 0 spiro atoms. The predicted molar refractivity (Wildman–Crippen MR) is 181 cm³/mol. The lowest BCUT2D eigenvalue weighted by molar-refractivity contribution is 0.828. The Morgan fingerprint density at radius 3 is 1.74 bits per heavy atom. The van der Waals surface area contributed by atoms with Crippen molar-refractivity contribution in [3.8, 4) is 11.1 Å². The third-order valence-electron chi connectivity index (χ3n) is 8.83. The number of aromatic nitrogens is 1. The van der Waals surface area contributed by atoms with Gasteiger partial charge in [-0.3, -0.25) is 0 Å². The van der Waals surface area contributed by atoms with Crippen LogP contribution in [0.1, 0.15) is 11.7 Å². The molecule has 0 saturated heterocycles. The van der Waals surface area contributed by atoms with Crippen LogP contribution in [0.5, 0.6) is 0 Å². The first-order valence-corrected chi connectivity index (χ1v) is 14.8. The van der Waals surface area contributed by atoms with Crippen LogP contribution in [0.3, 0.4) is 0 Å². The number of rotatable bonds is 3. The minimum absolute atomic E-state index is 0.00679. The standard InChI is InChI=1S/C40H27N3/c1-2-12-30(13-3-1)43-36-17-9-8-16-35(36)41-40(43)29-20-18-28(19-21-29)37-33-24-22-26-10-4-6-14-31(26)38(33)42-39-32-15-7-5-11-27(32)23-25-34(37)39/h1-25,40-41H. The van der Waals surface area contributed by atoms with Gasteiger partial charge in [0.15, 0.2) is 0 Å². The van der Waals surface area contributed by atoms with Gasteiger partial charge in [-0.1, -0.05) is 127 Å². The molecular formula is C40H27N3. The van der Waals surface area contributed by atoms with Gasteiger partial charge in [-0.15, -0.1) is 0 Å². The third kappa shape index (κ3) is 3.72. The highest BCUT2D eigenvalue weighted by Crippen LogP contribution is 2.46. The molecule has 1 aliphatic heterocycles. The molecular weight excluding hydrogens is 522 g/mol. The van der Waals surface area contributed by atoms with Crippen molar-refractivity contribution >= 4 is 60.4 Å². The minimum Gasteiger partial charge on any atom is -0.359 e. The Morgan fingerprint density at radius 1 is 0.488 bits per heavy atom. The Kier molecular flexibility index (Phi) is 5.26. The number of fused-ring (bicyclic) bond motifs is 7. The number of nitrogens with zero attached hydrogens (tertiary/aromatic N) is 2. The largest absolute Gasteiger partial charge is 0.359 e. The van der Waals surface area contributed by atoms with Gasteiger partial charge < -0.3 is 10.2 Å². The van der Waals surface area contributed by atoms with E-state index in [2.05, 4.69) is 162 Å². The van der Waals surface area contributed by atoms with Crippen LogP contribution in [0, 0.1) is 0 Å². The van der Waals surface area contributed by atoms with E-state index in [-0.39, 0.29) is 6.17 Å². The Hall–Kier alpha value is -5.67. The van der Waals surface area contributed by atoms with Crippen molar-refractivity contribution in [3.05, 3.63) is 157 Å². The lowest BCUT2D eigenvalue weighted by atomic mass is 9.92. The van der Waals surface area contributed by atoms with Crippen molar-refractivity contribution in [2.75, 3.05) is 10.2 Å². The van der Waals surface area contributed by atoms with E-state index in [4.69, 9.17) is 4.98 Å². The van der Waals surface area contributed by atoms with Crippen LogP contribution in [-0.4, -0.2) is 4.98 Å². The number of hydrogen-bond donors (Lipinski definition) is 1. The molecule has 3 nitrogen and oxygen atoms in total. The maximum Gasteiger partial charge on any atom is 0.130 e. The first-order valence-electron chi connectivity index (χ1n) is 14.8. The van der Waals surface area contributed by atoms with E-state index in [1.165, 1.54) is 60.4 Å². The summed E-state index contributed by atoms with van der Waals surface area (Å²) in [6.07, 6.45) is -0.00679. The van der Waals surface area contributed by atoms with E-state index >= 15 is 0 Å². The summed E-state index contributed by atoms with van der Waals surface area (Å²) in [5.74, 6) is 0. The molecule has 7 aromatic carbocycles. The molecule has 1 aromatic heterocycles. The van der Waals surface area contributed by atoms with E-state index in [1.54, 1.807) is 0 Å². The molecule has 1 unspecified atom stereocenters. The van der Waals surface area contributed by atoms with Crippen LogP contribution in [0.2, 0.25) is 0 Å². The number of pyridine rings is 1. The number of anilines is 3. The summed E-state index contributed by atoms with van der Waals surface area (Å²) in [7, 11) is 0. The van der Waals surface area contributed by atoms with E-state index < -0.39 is 0 Å². The SMILES string of the molecule is c1ccc(N2c3ccccc3NC2c2ccc(-c3c4ccc5ccccc5c4nc4c3ccc3ccccc34)cc2)cc1. The van der Waals surface area contributed by atoms with Crippen LogP contribution in [0.4, 0.5) is 17.1 Å². The van der Waals surface area contributed by atoms with Gasteiger partial charge in [0.25, 0.3) is 0 Å². The maximum absolute atomic E-state index is 5.35. The number of para-hydroxylation sites is 3. The number of hydrogen-bond acceptors (Lipinski definition) is 3. The first kappa shape index (κ1) is 24.0. The van der Waals surface area contributed by atoms with Crippen molar-refractivity contribution in [3.63, 3.8) is 0 Å². The molecule has 0 saturated carbocycles. The van der Waals surface area contributed by atoms with Gasteiger partial charge >= 0.3 is 0 Å². The molecule has 0 radical (unpaired) electrons. The quantitative estimate of drug-likeness (QED) is 0.175. The summed E-state index contributed by atoms with van der Waals surface area (Å²) in [6.45, 7) is 0. The highest BCUT2D eigenvalue weighted by Gasteiger charge is 2.31. The zero-order valence-corrected chi connectivity index (χ0v) is 23.4. The lowest BCUT2D eigenvalue weighted by Crippen LogP contribution is -2.23. The molecule has 202 valence electrons. The molecule has 2 heterocycles. The van der Waals surface area contributed by atoms with Gasteiger partial charge in [-0.25, -0.2) is 4.98 Å². The summed E-state index contributed by atoms with van der Waals surface area (Å²) in [5.41, 5.74) is 9.21. The van der Waals surface area contributed by atoms with E-state index in [0.717, 1.165) is 16.7 Å². The van der Waals surface area contributed by atoms with Gasteiger partial charge in [0.1, 0.15) is 6.17 Å². The van der Waals surface area contributed by atoms with Crippen LogP contribution >= 0.6 is 0 Å². The molecule has 1 atom stereocenters. The molecule has 0 amide bonds. The fourth-order valence-electron chi connectivity index (χ4n) is 6.82. The topological polar surface area (TPSA) is 28.2 Å². The lowest BCUT2D eigenvalue weighted by Gasteiger charge is -2.27. The van der Waals surface area contributed by atoms with Gasteiger partial charge in [-0.05, 0) is 46.2 Å². The summed E-state index contributed by atoms with van der Waals surface area (Å²) in [6, 6.07) is 54.3. The van der Waals surface area contributed by atoms with Crippen molar-refractivity contribution in [1.29, 1.82) is 0 Å². The van der Waals surface area contributed by atoms with Crippen molar-refractivity contribution in [1.82, 2.24) is 4.98 Å². The molecule has 8 aromatic rings. The highest BCUT2D eigenvalue weighted by atomic mass is 15.3. The van der Waals surface area contributed by atoms with Crippen LogP contribution in [-0.2, 0) is 0 Å². The zero-order chi connectivity index (χ0) is 28.3. The average Bonchev–Trinajstić information content (AvgIpc) is 3.47. The van der Waals surface area contributed by atoms with Crippen LogP contribution < -0.4 is 10.2 Å². The average molecular weight is 550 g/mol. The van der Waals surface area contributed by atoms with Crippen molar-refractivity contribution in [2.45, 2.75) is 6.17 Å². The minimum atomic E-state index is -0.00679.